The summed E-state index contributed by atoms with van der Waals surface area (Å²) in [4.78, 5) is 11.6. The molecule has 1 aromatic carbocycles. The minimum absolute atomic E-state index is 0.0239. The summed E-state index contributed by atoms with van der Waals surface area (Å²) >= 11 is 5.43. The van der Waals surface area contributed by atoms with Crippen molar-refractivity contribution in [2.45, 2.75) is 0 Å². The van der Waals surface area contributed by atoms with Crippen molar-refractivity contribution < 1.29 is 26.7 Å². The fourth-order valence-electron chi connectivity index (χ4n) is 1.37. The molecule has 0 aliphatic heterocycles. The number of halogens is 6. The van der Waals surface area contributed by atoms with Crippen LogP contribution < -0.4 is 5.32 Å². The molecule has 4 nitrogen and oxygen atoms in total. The maximum atomic E-state index is 13.4. The number of carbonyl (C=O) groups excluding carboxylic acids is 1. The van der Waals surface area contributed by atoms with Gasteiger partial charge in [0.2, 0.25) is 5.82 Å². The summed E-state index contributed by atoms with van der Waals surface area (Å²) in [5.41, 5.74) is -1.62. The van der Waals surface area contributed by atoms with Crippen LogP contribution in [0.1, 0.15) is 10.4 Å². The molecule has 0 aliphatic rings. The van der Waals surface area contributed by atoms with E-state index in [1.807, 2.05) is 5.32 Å². The van der Waals surface area contributed by atoms with Crippen molar-refractivity contribution in [1.82, 2.24) is 10.2 Å². The molecule has 1 heterocycles. The molecule has 1 amide bonds. The minimum Gasteiger partial charge on any atom is -0.305 e. The summed E-state index contributed by atoms with van der Waals surface area (Å²) in [6.45, 7) is 0. The Kier molecular flexibility index (Phi) is 4.03. The number of benzene rings is 1. The van der Waals surface area contributed by atoms with E-state index in [0.29, 0.717) is 0 Å². The number of anilines is 1. The highest BCUT2D eigenvalue weighted by Crippen LogP contribution is 2.23. The van der Waals surface area contributed by atoms with Gasteiger partial charge in [-0.25, -0.2) is 22.0 Å². The number of amides is 1. The van der Waals surface area contributed by atoms with Crippen molar-refractivity contribution in [1.29, 1.82) is 0 Å². The predicted octanol–water partition coefficient (Wildman–Crippen LogP) is 3.08. The molecule has 110 valence electrons. The quantitative estimate of drug-likeness (QED) is 0.525. The number of nitrogens with zero attached hydrogens (tertiary/aromatic N) is 2. The first-order chi connectivity index (χ1) is 9.82. The summed E-state index contributed by atoms with van der Waals surface area (Å²) in [7, 11) is 0. The zero-order valence-corrected chi connectivity index (χ0v) is 10.5. The van der Waals surface area contributed by atoms with Crippen molar-refractivity contribution in [3.05, 3.63) is 51.9 Å². The lowest BCUT2D eigenvalue weighted by atomic mass is 10.1. The Bertz CT molecular complexity index is 694. The van der Waals surface area contributed by atoms with E-state index < -0.39 is 40.6 Å². The number of nitrogens with one attached hydrogen (secondary N) is 1. The second-order valence-electron chi connectivity index (χ2n) is 3.64. The van der Waals surface area contributed by atoms with Gasteiger partial charge in [-0.3, -0.25) is 4.79 Å². The van der Waals surface area contributed by atoms with E-state index in [1.165, 1.54) is 6.07 Å². The van der Waals surface area contributed by atoms with Gasteiger partial charge in [-0.1, -0.05) is 11.6 Å². The van der Waals surface area contributed by atoms with E-state index in [0.717, 1.165) is 6.07 Å². The monoisotopic (exact) mass is 323 g/mol. The maximum Gasteiger partial charge on any atom is 0.263 e. The summed E-state index contributed by atoms with van der Waals surface area (Å²) in [6, 6.07) is 2.32. The van der Waals surface area contributed by atoms with Gasteiger partial charge in [0.15, 0.2) is 34.2 Å². The van der Waals surface area contributed by atoms with Crippen LogP contribution >= 0.6 is 11.6 Å². The molecule has 0 saturated carbocycles. The highest BCUT2D eigenvalue weighted by atomic mass is 35.5. The Morgan fingerprint density at radius 1 is 0.905 bits per heavy atom. The highest BCUT2D eigenvalue weighted by molar-refractivity contribution is 6.29. The molecule has 0 fully saturated rings. The van der Waals surface area contributed by atoms with E-state index in [9.17, 15) is 26.7 Å². The number of rotatable bonds is 2. The molecule has 0 saturated heterocycles. The molecular weight excluding hydrogens is 321 g/mol. The Hall–Kier alpha value is -2.29. The van der Waals surface area contributed by atoms with Crippen LogP contribution in [0.2, 0.25) is 5.15 Å². The third kappa shape index (κ3) is 2.77. The molecule has 21 heavy (non-hydrogen) atoms. The van der Waals surface area contributed by atoms with Crippen LogP contribution in [-0.4, -0.2) is 16.1 Å². The molecule has 0 bridgehead atoms. The third-order valence-electron chi connectivity index (χ3n) is 2.31. The lowest BCUT2D eigenvalue weighted by molar-refractivity contribution is 0.101. The molecule has 0 aliphatic carbocycles. The van der Waals surface area contributed by atoms with E-state index in [1.54, 1.807) is 0 Å². The summed E-state index contributed by atoms with van der Waals surface area (Å²) < 4.78 is 65.5. The van der Waals surface area contributed by atoms with Crippen molar-refractivity contribution in [2.75, 3.05) is 5.32 Å². The molecule has 0 spiro atoms. The molecule has 1 aromatic heterocycles. The fraction of sp³-hybridized carbons (Fsp3) is 0. The zero-order valence-electron chi connectivity index (χ0n) is 9.73. The third-order valence-corrected chi connectivity index (χ3v) is 2.51. The number of hydrogen-bond acceptors (Lipinski definition) is 3. The Morgan fingerprint density at radius 3 is 1.90 bits per heavy atom. The van der Waals surface area contributed by atoms with E-state index >= 15 is 0 Å². The van der Waals surface area contributed by atoms with Crippen LogP contribution in [0.15, 0.2) is 12.1 Å². The van der Waals surface area contributed by atoms with Gasteiger partial charge in [-0.15, -0.1) is 10.2 Å². The van der Waals surface area contributed by atoms with Gasteiger partial charge < -0.3 is 5.32 Å². The molecule has 0 atom stereocenters. The van der Waals surface area contributed by atoms with Gasteiger partial charge in [0, 0.05) is 0 Å². The number of hydrogen-bond donors (Lipinski definition) is 1. The molecule has 2 aromatic rings. The lowest BCUT2D eigenvalue weighted by Gasteiger charge is -2.08. The van der Waals surface area contributed by atoms with E-state index in [4.69, 9.17) is 11.6 Å². The van der Waals surface area contributed by atoms with Gasteiger partial charge in [-0.05, 0) is 12.1 Å². The number of aromatic nitrogens is 2. The molecule has 2 rings (SSSR count). The van der Waals surface area contributed by atoms with Crippen LogP contribution in [0, 0.1) is 29.1 Å². The normalized spacial score (nSPS) is 10.6. The first-order valence-electron chi connectivity index (χ1n) is 5.15. The van der Waals surface area contributed by atoms with Gasteiger partial charge in [0.05, 0.1) is 0 Å². The maximum absolute atomic E-state index is 13.4. The van der Waals surface area contributed by atoms with Crippen molar-refractivity contribution in [3.63, 3.8) is 0 Å². The van der Waals surface area contributed by atoms with Crippen LogP contribution in [0.25, 0.3) is 0 Å². The van der Waals surface area contributed by atoms with Crippen molar-refractivity contribution in [3.8, 4) is 0 Å². The topological polar surface area (TPSA) is 54.9 Å². The van der Waals surface area contributed by atoms with Crippen LogP contribution in [-0.2, 0) is 0 Å². The van der Waals surface area contributed by atoms with E-state index in [2.05, 4.69) is 10.2 Å². The minimum atomic E-state index is -2.35. The predicted molar refractivity (Wildman–Crippen MR) is 61.2 cm³/mol. The zero-order chi connectivity index (χ0) is 15.7. The van der Waals surface area contributed by atoms with E-state index in [-0.39, 0.29) is 11.0 Å². The Morgan fingerprint density at radius 2 is 1.43 bits per heavy atom. The number of carbonyl (C=O) groups is 1. The standard InChI is InChI=1S/C11H3ClF5N3O/c12-3-1-2-4(20-19-3)18-11(21)5-6(13)8(15)10(17)9(16)7(5)14/h1-2H,(H,18,20,21). The average molecular weight is 324 g/mol. The largest absolute Gasteiger partial charge is 0.305 e. The van der Waals surface area contributed by atoms with Gasteiger partial charge in [0.25, 0.3) is 5.91 Å². The molecule has 0 unspecified atom stereocenters. The molecule has 10 heteroatoms. The SMILES string of the molecule is O=C(Nc1ccc(Cl)nn1)c1c(F)c(F)c(F)c(F)c1F. The first-order valence-corrected chi connectivity index (χ1v) is 5.52. The Labute approximate surface area is 118 Å². The smallest absolute Gasteiger partial charge is 0.263 e. The fourth-order valence-corrected chi connectivity index (χ4v) is 1.47. The first kappa shape index (κ1) is 15.1. The summed E-state index contributed by atoms with van der Waals surface area (Å²) in [5.74, 6) is -13.1. The Balaban J connectivity index is 2.42. The van der Waals surface area contributed by atoms with Crippen LogP contribution in [0.3, 0.4) is 0 Å². The molecular formula is C11H3ClF5N3O. The summed E-state index contributed by atoms with van der Waals surface area (Å²) in [6.07, 6.45) is 0. The molecule has 0 radical (unpaired) electrons. The lowest BCUT2D eigenvalue weighted by Crippen LogP contribution is -2.20. The second kappa shape index (κ2) is 5.60. The van der Waals surface area contributed by atoms with Crippen LogP contribution in [0.5, 0.6) is 0 Å². The highest BCUT2D eigenvalue weighted by Gasteiger charge is 2.29. The van der Waals surface area contributed by atoms with Crippen molar-refractivity contribution >= 4 is 23.3 Å². The average Bonchev–Trinajstić information content (AvgIpc) is 2.46. The molecule has 1 N–H and O–H groups in total. The van der Waals surface area contributed by atoms with Crippen LogP contribution in [0.4, 0.5) is 27.8 Å². The van der Waals surface area contributed by atoms with Gasteiger partial charge in [-0.2, -0.15) is 0 Å². The van der Waals surface area contributed by atoms with Crippen molar-refractivity contribution in [2.24, 2.45) is 0 Å². The van der Waals surface area contributed by atoms with Gasteiger partial charge in [0.1, 0.15) is 5.56 Å². The second-order valence-corrected chi connectivity index (χ2v) is 4.03. The summed E-state index contributed by atoms with van der Waals surface area (Å²) in [5, 5.41) is 8.48. The van der Waals surface area contributed by atoms with Gasteiger partial charge >= 0.3 is 0 Å².